The predicted octanol–water partition coefficient (Wildman–Crippen LogP) is 2.22. The molecule has 0 radical (unpaired) electrons. The number of nitrogens with one attached hydrogen (secondary N) is 1. The minimum atomic E-state index is -3.86. The van der Waals surface area contributed by atoms with Crippen molar-refractivity contribution in [3.63, 3.8) is 0 Å². The molecule has 106 valence electrons. The number of nitrogens with two attached hydrogens (primary N) is 1. The van der Waals surface area contributed by atoms with Gasteiger partial charge in [0, 0.05) is 5.69 Å². The molecule has 2 aromatic carbocycles. The van der Waals surface area contributed by atoms with Crippen molar-refractivity contribution in [2.45, 2.75) is 4.90 Å². The zero-order chi connectivity index (χ0) is 14.8. The second-order valence-electron chi connectivity index (χ2n) is 4.02. The molecule has 0 unspecified atom stereocenters. The van der Waals surface area contributed by atoms with Crippen LogP contribution in [-0.2, 0) is 10.0 Å². The summed E-state index contributed by atoms with van der Waals surface area (Å²) in [5.74, 6) is -0.204. The smallest absolute Gasteiger partial charge is 0.261 e. The van der Waals surface area contributed by atoms with Gasteiger partial charge in [-0.3, -0.25) is 4.72 Å². The lowest BCUT2D eigenvalue weighted by Crippen LogP contribution is -2.14. The molecule has 5 nitrogen and oxygen atoms in total. The lowest BCUT2D eigenvalue weighted by atomic mass is 10.3. The fraction of sp³-hybridized carbons (Fsp3) is 0.0769. The summed E-state index contributed by atoms with van der Waals surface area (Å²) in [7, 11) is -2.38. The minimum Gasteiger partial charge on any atom is -0.497 e. The van der Waals surface area contributed by atoms with Gasteiger partial charge in [0.2, 0.25) is 0 Å². The van der Waals surface area contributed by atoms with Gasteiger partial charge in [-0.25, -0.2) is 12.8 Å². The number of methoxy groups -OCH3 is 1. The van der Waals surface area contributed by atoms with Crippen molar-refractivity contribution < 1.29 is 17.5 Å². The highest BCUT2D eigenvalue weighted by atomic mass is 32.2. The SMILES string of the molecule is COc1ccc(S(=O)(=O)Nc2ccc(N)cc2F)cc1. The van der Waals surface area contributed by atoms with Crippen LogP contribution in [0.1, 0.15) is 0 Å². The normalized spacial score (nSPS) is 11.1. The average Bonchev–Trinajstić information content (AvgIpc) is 2.42. The number of rotatable bonds is 4. The second-order valence-corrected chi connectivity index (χ2v) is 5.70. The van der Waals surface area contributed by atoms with E-state index in [1.165, 1.54) is 43.5 Å². The van der Waals surface area contributed by atoms with Crippen LogP contribution >= 0.6 is 0 Å². The van der Waals surface area contributed by atoms with Crippen LogP contribution in [0.2, 0.25) is 0 Å². The first-order valence-electron chi connectivity index (χ1n) is 5.64. The molecule has 0 aliphatic carbocycles. The number of sulfonamides is 1. The molecule has 7 heteroatoms. The number of halogens is 1. The Morgan fingerprint density at radius 2 is 1.80 bits per heavy atom. The molecule has 0 aliphatic rings. The van der Waals surface area contributed by atoms with Gasteiger partial charge in [0.1, 0.15) is 11.6 Å². The highest BCUT2D eigenvalue weighted by Gasteiger charge is 2.16. The first-order chi connectivity index (χ1) is 9.42. The maximum absolute atomic E-state index is 13.6. The fourth-order valence-electron chi connectivity index (χ4n) is 1.57. The molecular formula is C13H13FN2O3S. The Bertz CT molecular complexity index is 715. The van der Waals surface area contributed by atoms with E-state index in [0.717, 1.165) is 6.07 Å². The Balaban J connectivity index is 2.30. The zero-order valence-electron chi connectivity index (χ0n) is 10.6. The molecule has 0 fully saturated rings. The molecular weight excluding hydrogens is 283 g/mol. The average molecular weight is 296 g/mol. The van der Waals surface area contributed by atoms with Crippen molar-refractivity contribution in [1.82, 2.24) is 0 Å². The Labute approximate surface area is 116 Å². The molecule has 20 heavy (non-hydrogen) atoms. The molecule has 2 aromatic rings. The van der Waals surface area contributed by atoms with E-state index in [-0.39, 0.29) is 16.3 Å². The molecule has 0 saturated carbocycles. The molecule has 0 heterocycles. The van der Waals surface area contributed by atoms with Gasteiger partial charge in [-0.1, -0.05) is 0 Å². The first kappa shape index (κ1) is 14.1. The van der Waals surface area contributed by atoms with Crippen molar-refractivity contribution in [2.24, 2.45) is 0 Å². The van der Waals surface area contributed by atoms with Crippen LogP contribution in [0.5, 0.6) is 5.75 Å². The van der Waals surface area contributed by atoms with Gasteiger partial charge in [0.25, 0.3) is 10.0 Å². The van der Waals surface area contributed by atoms with E-state index < -0.39 is 15.8 Å². The fourth-order valence-corrected chi connectivity index (χ4v) is 2.64. The van der Waals surface area contributed by atoms with Gasteiger partial charge >= 0.3 is 0 Å². The number of ether oxygens (including phenoxy) is 1. The first-order valence-corrected chi connectivity index (χ1v) is 7.12. The highest BCUT2D eigenvalue weighted by molar-refractivity contribution is 7.92. The second kappa shape index (κ2) is 5.38. The third-order valence-corrected chi connectivity index (χ3v) is 3.99. The molecule has 2 rings (SSSR count). The van der Waals surface area contributed by atoms with Crippen LogP contribution in [-0.4, -0.2) is 15.5 Å². The Kier molecular flexibility index (Phi) is 3.80. The van der Waals surface area contributed by atoms with Crippen molar-refractivity contribution in [2.75, 3.05) is 17.6 Å². The van der Waals surface area contributed by atoms with E-state index in [1.54, 1.807) is 0 Å². The molecule has 0 aromatic heterocycles. The maximum Gasteiger partial charge on any atom is 0.261 e. The molecule has 0 saturated heterocycles. The van der Waals surface area contributed by atoms with Crippen LogP contribution in [0.25, 0.3) is 0 Å². The summed E-state index contributed by atoms with van der Waals surface area (Å²) in [5.41, 5.74) is 5.46. The topological polar surface area (TPSA) is 81.4 Å². The van der Waals surface area contributed by atoms with E-state index in [2.05, 4.69) is 4.72 Å². The summed E-state index contributed by atoms with van der Waals surface area (Å²) in [4.78, 5) is 0.00882. The number of nitrogen functional groups attached to an aromatic ring is 1. The van der Waals surface area contributed by atoms with Crippen LogP contribution in [0.3, 0.4) is 0 Å². The van der Waals surface area contributed by atoms with E-state index in [4.69, 9.17) is 10.5 Å². The lowest BCUT2D eigenvalue weighted by Gasteiger charge is -2.09. The van der Waals surface area contributed by atoms with Gasteiger partial charge in [-0.05, 0) is 42.5 Å². The zero-order valence-corrected chi connectivity index (χ0v) is 11.4. The number of benzene rings is 2. The molecule has 3 N–H and O–H groups in total. The van der Waals surface area contributed by atoms with Crippen molar-refractivity contribution in [1.29, 1.82) is 0 Å². The van der Waals surface area contributed by atoms with E-state index >= 15 is 0 Å². The molecule has 0 amide bonds. The van der Waals surface area contributed by atoms with Crippen LogP contribution in [0.4, 0.5) is 15.8 Å². The van der Waals surface area contributed by atoms with Crippen LogP contribution in [0.15, 0.2) is 47.4 Å². The van der Waals surface area contributed by atoms with Gasteiger partial charge in [0.15, 0.2) is 0 Å². The largest absolute Gasteiger partial charge is 0.497 e. The van der Waals surface area contributed by atoms with Crippen molar-refractivity contribution >= 4 is 21.4 Å². The van der Waals surface area contributed by atoms with E-state index in [0.29, 0.717) is 5.75 Å². The summed E-state index contributed by atoms with van der Waals surface area (Å²) in [5, 5.41) is 0. The lowest BCUT2D eigenvalue weighted by molar-refractivity contribution is 0.414. The molecule has 0 atom stereocenters. The van der Waals surface area contributed by atoms with Gasteiger partial charge in [0.05, 0.1) is 17.7 Å². The Hall–Kier alpha value is -2.28. The summed E-state index contributed by atoms with van der Waals surface area (Å²) in [6.45, 7) is 0. The monoisotopic (exact) mass is 296 g/mol. The predicted molar refractivity (Wildman–Crippen MR) is 74.6 cm³/mol. The number of hydrogen-bond acceptors (Lipinski definition) is 4. The van der Waals surface area contributed by atoms with Crippen LogP contribution < -0.4 is 15.2 Å². The van der Waals surface area contributed by atoms with Gasteiger partial charge in [-0.2, -0.15) is 0 Å². The Morgan fingerprint density at radius 1 is 1.15 bits per heavy atom. The quantitative estimate of drug-likeness (QED) is 0.848. The van der Waals surface area contributed by atoms with Crippen molar-refractivity contribution in [3.05, 3.63) is 48.3 Å². The van der Waals surface area contributed by atoms with Crippen LogP contribution in [0, 0.1) is 5.82 Å². The summed E-state index contributed by atoms with van der Waals surface area (Å²) in [6, 6.07) is 9.49. The summed E-state index contributed by atoms with van der Waals surface area (Å²) < 4.78 is 44.9. The third kappa shape index (κ3) is 3.00. The number of anilines is 2. The highest BCUT2D eigenvalue weighted by Crippen LogP contribution is 2.22. The molecule has 0 spiro atoms. The van der Waals surface area contributed by atoms with Crippen molar-refractivity contribution in [3.8, 4) is 5.75 Å². The van der Waals surface area contributed by atoms with Gasteiger partial charge < -0.3 is 10.5 Å². The molecule has 0 aliphatic heterocycles. The maximum atomic E-state index is 13.6. The van der Waals surface area contributed by atoms with E-state index in [1.807, 2.05) is 0 Å². The Morgan fingerprint density at radius 3 is 2.35 bits per heavy atom. The summed E-state index contributed by atoms with van der Waals surface area (Å²) >= 11 is 0. The minimum absolute atomic E-state index is 0.00882. The van der Waals surface area contributed by atoms with Gasteiger partial charge in [-0.15, -0.1) is 0 Å². The van der Waals surface area contributed by atoms with E-state index in [9.17, 15) is 12.8 Å². The third-order valence-electron chi connectivity index (χ3n) is 2.61. The molecule has 0 bridgehead atoms. The summed E-state index contributed by atoms with van der Waals surface area (Å²) in [6.07, 6.45) is 0. The number of hydrogen-bond donors (Lipinski definition) is 2. The standard InChI is InChI=1S/C13H13FN2O3S/c1-19-10-3-5-11(6-4-10)20(17,18)16-13-7-2-9(15)8-12(13)14/h2-8,16H,15H2,1H3.